The minimum absolute atomic E-state index is 0.0893. The van der Waals surface area contributed by atoms with Crippen LogP contribution in [0.2, 0.25) is 0 Å². The van der Waals surface area contributed by atoms with Crippen LogP contribution in [0.15, 0.2) is 35.1 Å². The monoisotopic (exact) mass is 432 g/mol. The Labute approximate surface area is 178 Å². The summed E-state index contributed by atoms with van der Waals surface area (Å²) >= 11 is 0. The number of sulfonamides is 1. The molecule has 0 spiro atoms. The summed E-state index contributed by atoms with van der Waals surface area (Å²) in [7, 11) is -3.21. The molecule has 0 N–H and O–H groups in total. The molecule has 1 saturated heterocycles. The van der Waals surface area contributed by atoms with Crippen LogP contribution in [0.4, 0.5) is 0 Å². The summed E-state index contributed by atoms with van der Waals surface area (Å²) in [6.45, 7) is 4.03. The maximum Gasteiger partial charge on any atom is 0.346 e. The second kappa shape index (κ2) is 9.06. The van der Waals surface area contributed by atoms with Crippen molar-refractivity contribution < 1.29 is 8.42 Å². The van der Waals surface area contributed by atoms with Crippen molar-refractivity contribution in [3.8, 4) is 0 Å². The first kappa shape index (κ1) is 21.3. The van der Waals surface area contributed by atoms with Gasteiger partial charge in [0.25, 0.3) is 0 Å². The van der Waals surface area contributed by atoms with Gasteiger partial charge in [0.2, 0.25) is 10.0 Å². The van der Waals surface area contributed by atoms with Crippen molar-refractivity contribution in [3.63, 3.8) is 0 Å². The summed E-state index contributed by atoms with van der Waals surface area (Å²) < 4.78 is 31.0. The standard InChI is InChI=1S/C22H32N4O3S/c1-2-25-21(23-26(22(25)27)17-18-9-5-3-6-10-18)19-13-15-24(16-14-19)30(28,29)20-11-7-4-8-12-20/h3,5-6,9-10,19-20H,2,4,7-8,11-17H2,1H3. The van der Waals surface area contributed by atoms with Gasteiger partial charge in [0, 0.05) is 25.6 Å². The fourth-order valence-electron chi connectivity index (χ4n) is 4.86. The van der Waals surface area contributed by atoms with Crippen molar-refractivity contribution in [1.29, 1.82) is 0 Å². The van der Waals surface area contributed by atoms with Gasteiger partial charge in [-0.1, -0.05) is 49.6 Å². The number of aromatic nitrogens is 3. The highest BCUT2D eigenvalue weighted by molar-refractivity contribution is 7.89. The van der Waals surface area contributed by atoms with E-state index in [1.54, 1.807) is 13.6 Å². The van der Waals surface area contributed by atoms with Crippen LogP contribution in [-0.4, -0.2) is 45.4 Å². The lowest BCUT2D eigenvalue weighted by atomic mass is 9.97. The van der Waals surface area contributed by atoms with Crippen molar-refractivity contribution in [2.45, 2.75) is 76.1 Å². The van der Waals surface area contributed by atoms with E-state index < -0.39 is 10.0 Å². The van der Waals surface area contributed by atoms with Gasteiger partial charge in [-0.15, -0.1) is 0 Å². The highest BCUT2D eigenvalue weighted by Gasteiger charge is 2.36. The Morgan fingerprint density at radius 2 is 1.67 bits per heavy atom. The number of hydrogen-bond acceptors (Lipinski definition) is 4. The number of piperidine rings is 1. The smallest absolute Gasteiger partial charge is 0.279 e. The number of benzene rings is 1. The molecule has 2 aliphatic rings. The Morgan fingerprint density at radius 1 is 1.00 bits per heavy atom. The molecule has 7 nitrogen and oxygen atoms in total. The third-order valence-corrected chi connectivity index (χ3v) is 8.99. The molecule has 0 amide bonds. The van der Waals surface area contributed by atoms with Gasteiger partial charge in [-0.25, -0.2) is 22.2 Å². The Bertz CT molecular complexity index is 999. The van der Waals surface area contributed by atoms with Crippen LogP contribution in [-0.2, 0) is 23.1 Å². The van der Waals surface area contributed by atoms with Crippen LogP contribution >= 0.6 is 0 Å². The zero-order valence-corrected chi connectivity index (χ0v) is 18.6. The van der Waals surface area contributed by atoms with E-state index in [4.69, 9.17) is 0 Å². The summed E-state index contributed by atoms with van der Waals surface area (Å²) in [5.74, 6) is 0.917. The lowest BCUT2D eigenvalue weighted by Crippen LogP contribution is -2.44. The van der Waals surface area contributed by atoms with Crippen LogP contribution in [0, 0.1) is 0 Å². The first-order valence-corrected chi connectivity index (χ1v) is 12.7. The normalized spacial score (nSPS) is 19.9. The molecule has 164 valence electrons. The Morgan fingerprint density at radius 3 is 2.30 bits per heavy atom. The molecule has 2 aromatic rings. The Balaban J connectivity index is 1.48. The van der Waals surface area contributed by atoms with Gasteiger partial charge in [0.1, 0.15) is 5.82 Å². The lowest BCUT2D eigenvalue weighted by molar-refractivity contribution is 0.301. The molecule has 1 aromatic heterocycles. The predicted octanol–water partition coefficient (Wildman–Crippen LogP) is 2.95. The SMILES string of the molecule is CCn1c(C2CCN(S(=O)(=O)C3CCCCC3)CC2)nn(Cc2ccccc2)c1=O. The van der Waals surface area contributed by atoms with Crippen molar-refractivity contribution in [3.05, 3.63) is 52.2 Å². The summed E-state index contributed by atoms with van der Waals surface area (Å²) in [4.78, 5) is 12.9. The predicted molar refractivity (Wildman–Crippen MR) is 117 cm³/mol. The van der Waals surface area contributed by atoms with Gasteiger partial charge in [0.15, 0.2) is 0 Å². The highest BCUT2D eigenvalue weighted by atomic mass is 32.2. The quantitative estimate of drug-likeness (QED) is 0.703. The fourth-order valence-corrected chi connectivity index (χ4v) is 6.93. The second-order valence-corrected chi connectivity index (χ2v) is 10.7. The van der Waals surface area contributed by atoms with Gasteiger partial charge in [-0.3, -0.25) is 4.57 Å². The Kier molecular flexibility index (Phi) is 6.43. The lowest BCUT2D eigenvalue weighted by Gasteiger charge is -2.34. The van der Waals surface area contributed by atoms with E-state index >= 15 is 0 Å². The van der Waals surface area contributed by atoms with Gasteiger partial charge < -0.3 is 0 Å². The van der Waals surface area contributed by atoms with Gasteiger partial charge in [0.05, 0.1) is 11.8 Å². The third-order valence-electron chi connectivity index (χ3n) is 6.60. The van der Waals surface area contributed by atoms with Crippen molar-refractivity contribution in [2.75, 3.05) is 13.1 Å². The fraction of sp³-hybridized carbons (Fsp3) is 0.636. The second-order valence-electron chi connectivity index (χ2n) is 8.51. The van der Waals surface area contributed by atoms with E-state index in [0.29, 0.717) is 39.0 Å². The van der Waals surface area contributed by atoms with E-state index in [0.717, 1.165) is 43.5 Å². The minimum atomic E-state index is -3.21. The molecule has 0 unspecified atom stereocenters. The first-order valence-electron chi connectivity index (χ1n) is 11.2. The van der Waals surface area contributed by atoms with E-state index in [1.807, 2.05) is 37.3 Å². The van der Waals surface area contributed by atoms with Crippen LogP contribution in [0.25, 0.3) is 0 Å². The molecular weight excluding hydrogens is 400 g/mol. The molecule has 8 heteroatoms. The summed E-state index contributed by atoms with van der Waals surface area (Å²) in [5, 5.41) is 4.47. The zero-order chi connectivity index (χ0) is 21.1. The topological polar surface area (TPSA) is 77.2 Å². The molecule has 0 atom stereocenters. The molecular formula is C22H32N4O3S. The van der Waals surface area contributed by atoms with Gasteiger partial charge >= 0.3 is 5.69 Å². The maximum atomic E-state index is 13.0. The molecule has 2 heterocycles. The van der Waals surface area contributed by atoms with E-state index in [1.165, 1.54) is 0 Å². The average Bonchev–Trinajstić information content (AvgIpc) is 3.10. The number of nitrogens with zero attached hydrogens (tertiary/aromatic N) is 4. The van der Waals surface area contributed by atoms with Crippen molar-refractivity contribution >= 4 is 10.0 Å². The highest BCUT2D eigenvalue weighted by Crippen LogP contribution is 2.32. The molecule has 1 aromatic carbocycles. The molecule has 2 fully saturated rings. The van der Waals surface area contributed by atoms with Crippen LogP contribution in [0.3, 0.4) is 0 Å². The largest absolute Gasteiger partial charge is 0.346 e. The zero-order valence-electron chi connectivity index (χ0n) is 17.7. The summed E-state index contributed by atoms with van der Waals surface area (Å²) in [6.07, 6.45) is 6.20. The van der Waals surface area contributed by atoms with Crippen LogP contribution in [0.5, 0.6) is 0 Å². The Hall–Kier alpha value is -1.93. The van der Waals surface area contributed by atoms with Crippen molar-refractivity contribution in [2.24, 2.45) is 0 Å². The molecule has 4 rings (SSSR count). The molecule has 30 heavy (non-hydrogen) atoms. The van der Waals surface area contributed by atoms with Crippen LogP contribution < -0.4 is 5.69 Å². The summed E-state index contributed by atoms with van der Waals surface area (Å²) in [5.41, 5.74) is 0.953. The average molecular weight is 433 g/mol. The third kappa shape index (κ3) is 4.25. The van der Waals surface area contributed by atoms with Gasteiger partial charge in [-0.05, 0) is 38.2 Å². The number of rotatable bonds is 6. The van der Waals surface area contributed by atoms with E-state index in [2.05, 4.69) is 5.10 Å². The molecule has 1 saturated carbocycles. The van der Waals surface area contributed by atoms with E-state index in [9.17, 15) is 13.2 Å². The number of hydrogen-bond donors (Lipinski definition) is 0. The molecule has 0 bridgehead atoms. The van der Waals surface area contributed by atoms with Crippen LogP contribution in [0.1, 0.15) is 69.2 Å². The minimum Gasteiger partial charge on any atom is -0.279 e. The van der Waals surface area contributed by atoms with E-state index in [-0.39, 0.29) is 16.9 Å². The molecule has 0 radical (unpaired) electrons. The van der Waals surface area contributed by atoms with Crippen molar-refractivity contribution in [1.82, 2.24) is 18.7 Å². The van der Waals surface area contributed by atoms with Gasteiger partial charge in [-0.2, -0.15) is 5.10 Å². The molecule has 1 aliphatic heterocycles. The summed E-state index contributed by atoms with van der Waals surface area (Å²) in [6, 6.07) is 9.86. The molecule has 1 aliphatic carbocycles. The maximum absolute atomic E-state index is 13.0. The first-order chi connectivity index (χ1) is 14.5.